The normalized spacial score (nSPS) is 23.4. The summed E-state index contributed by atoms with van der Waals surface area (Å²) < 4.78 is 5.23. The molecule has 1 atom stereocenters. The van der Waals surface area contributed by atoms with Crippen molar-refractivity contribution in [3.8, 4) is 0 Å². The lowest BCUT2D eigenvalue weighted by Crippen LogP contribution is -2.23. The van der Waals surface area contributed by atoms with Gasteiger partial charge in [0.25, 0.3) is 0 Å². The molecule has 1 fully saturated rings. The maximum absolute atomic E-state index is 11.2. The molecule has 0 saturated carbocycles. The van der Waals surface area contributed by atoms with E-state index >= 15 is 0 Å². The summed E-state index contributed by atoms with van der Waals surface area (Å²) in [5.74, 6) is 0.389. The van der Waals surface area contributed by atoms with Crippen LogP contribution in [0.25, 0.3) is 0 Å². The van der Waals surface area contributed by atoms with E-state index in [2.05, 4.69) is 0 Å². The van der Waals surface area contributed by atoms with E-state index in [4.69, 9.17) is 4.74 Å². The third kappa shape index (κ3) is 2.62. The first-order chi connectivity index (χ1) is 4.72. The Kier molecular flexibility index (Phi) is 4.34. The summed E-state index contributed by atoms with van der Waals surface area (Å²) in [6, 6.07) is 0. The van der Waals surface area contributed by atoms with E-state index in [1.165, 1.54) is 0 Å². The van der Waals surface area contributed by atoms with E-state index in [0.29, 0.717) is 0 Å². The van der Waals surface area contributed by atoms with Gasteiger partial charge < -0.3 is 4.74 Å². The molecule has 0 radical (unpaired) electrons. The summed E-state index contributed by atoms with van der Waals surface area (Å²) in [4.78, 5) is 11.2. The van der Waals surface area contributed by atoms with Crippen LogP contribution in [0, 0.1) is 5.92 Å². The number of hydrogen-bond acceptors (Lipinski definition) is 2. The Bertz CT molecular complexity index is 124. The molecule has 1 heterocycles. The van der Waals surface area contributed by atoms with Crippen LogP contribution in [0.2, 0.25) is 0 Å². The van der Waals surface area contributed by atoms with Crippen molar-refractivity contribution < 1.29 is 9.53 Å². The van der Waals surface area contributed by atoms with Crippen LogP contribution in [0.1, 0.15) is 34.1 Å². The molecule has 0 amide bonds. The fourth-order valence-corrected chi connectivity index (χ4v) is 1.17. The van der Waals surface area contributed by atoms with Gasteiger partial charge in [-0.15, -0.1) is 0 Å². The lowest BCUT2D eigenvalue weighted by atomic mass is 10.0. The quantitative estimate of drug-likeness (QED) is 0.614. The third-order valence-corrected chi connectivity index (χ3v) is 1.82. The highest BCUT2D eigenvalue weighted by molar-refractivity contribution is 5.84. The molecule has 0 aromatic rings. The molecular weight excluding hydrogens is 140 g/mol. The highest BCUT2D eigenvalue weighted by Gasteiger charge is 2.24. The highest BCUT2D eigenvalue weighted by Crippen LogP contribution is 2.15. The van der Waals surface area contributed by atoms with Crippen LogP contribution in [-0.4, -0.2) is 18.5 Å². The number of hydrogen-bond donors (Lipinski definition) is 0. The minimum atomic E-state index is -0.0833. The first kappa shape index (κ1) is 10.6. The minimum absolute atomic E-state index is 0. The predicted molar refractivity (Wildman–Crippen MR) is 45.6 cm³/mol. The second kappa shape index (κ2) is 4.50. The maximum atomic E-state index is 11.2. The summed E-state index contributed by atoms with van der Waals surface area (Å²) in [5, 5.41) is 0. The topological polar surface area (TPSA) is 26.3 Å². The van der Waals surface area contributed by atoms with E-state index in [0.717, 1.165) is 19.4 Å². The molecule has 0 spiro atoms. The van der Waals surface area contributed by atoms with Crippen molar-refractivity contribution in [1.29, 1.82) is 0 Å². The summed E-state index contributed by atoms with van der Waals surface area (Å²) in [5.41, 5.74) is 0. The number of ether oxygens (including phenoxy) is 1. The summed E-state index contributed by atoms with van der Waals surface area (Å²) >= 11 is 0. The summed E-state index contributed by atoms with van der Waals surface area (Å²) in [7, 11) is 0. The standard InChI is InChI=1S/C8H14O2.CH4/c1-6(2)8(9)7-4-3-5-10-7;/h6-7H,3-5H2,1-2H3;1H4/t7-;/m1./s1. The SMILES string of the molecule is C.CC(C)C(=O)[C@H]1CCCO1. The van der Waals surface area contributed by atoms with Crippen molar-refractivity contribution in [2.45, 2.75) is 40.2 Å². The molecule has 1 rings (SSSR count). The van der Waals surface area contributed by atoms with Crippen LogP contribution >= 0.6 is 0 Å². The summed E-state index contributed by atoms with van der Waals surface area (Å²) in [6.45, 7) is 4.61. The fraction of sp³-hybridized carbons (Fsp3) is 0.889. The van der Waals surface area contributed by atoms with Gasteiger partial charge in [0.05, 0.1) is 0 Å². The number of Topliss-reactive ketones (excluding diaryl/α,β-unsaturated/α-hetero) is 1. The molecule has 0 bridgehead atoms. The zero-order chi connectivity index (χ0) is 7.56. The van der Waals surface area contributed by atoms with Gasteiger partial charge in [-0.25, -0.2) is 0 Å². The highest BCUT2D eigenvalue weighted by atomic mass is 16.5. The largest absolute Gasteiger partial charge is 0.370 e. The second-order valence-corrected chi connectivity index (χ2v) is 3.06. The van der Waals surface area contributed by atoms with Crippen LogP contribution < -0.4 is 0 Å². The van der Waals surface area contributed by atoms with Crippen molar-refractivity contribution in [1.82, 2.24) is 0 Å². The average Bonchev–Trinajstić information content (AvgIpc) is 2.36. The first-order valence-electron chi connectivity index (χ1n) is 3.87. The third-order valence-electron chi connectivity index (χ3n) is 1.82. The van der Waals surface area contributed by atoms with Gasteiger partial charge in [0.15, 0.2) is 5.78 Å². The van der Waals surface area contributed by atoms with Gasteiger partial charge in [0.1, 0.15) is 6.10 Å². The smallest absolute Gasteiger partial charge is 0.164 e. The van der Waals surface area contributed by atoms with Gasteiger partial charge in [0.2, 0.25) is 0 Å². The van der Waals surface area contributed by atoms with E-state index in [-0.39, 0.29) is 25.2 Å². The van der Waals surface area contributed by atoms with Crippen LogP contribution in [0.3, 0.4) is 0 Å². The van der Waals surface area contributed by atoms with Crippen molar-refractivity contribution in [2.75, 3.05) is 6.61 Å². The number of carbonyl (C=O) groups excluding carboxylic acids is 1. The molecule has 2 heteroatoms. The monoisotopic (exact) mass is 158 g/mol. The van der Waals surface area contributed by atoms with Crippen molar-refractivity contribution in [3.63, 3.8) is 0 Å². The molecule has 1 aliphatic rings. The molecule has 0 N–H and O–H groups in total. The molecule has 1 saturated heterocycles. The van der Waals surface area contributed by atoms with Gasteiger partial charge >= 0.3 is 0 Å². The first-order valence-corrected chi connectivity index (χ1v) is 3.87. The van der Waals surface area contributed by atoms with E-state index in [1.807, 2.05) is 13.8 Å². The number of ketones is 1. The van der Waals surface area contributed by atoms with E-state index in [9.17, 15) is 4.79 Å². The van der Waals surface area contributed by atoms with Crippen LogP contribution in [-0.2, 0) is 9.53 Å². The minimum Gasteiger partial charge on any atom is -0.370 e. The second-order valence-electron chi connectivity index (χ2n) is 3.06. The zero-order valence-corrected chi connectivity index (χ0v) is 6.59. The predicted octanol–water partition coefficient (Wildman–Crippen LogP) is 2.03. The lowest BCUT2D eigenvalue weighted by Gasteiger charge is -2.09. The molecule has 1 aliphatic heterocycles. The molecule has 66 valence electrons. The Labute approximate surface area is 68.9 Å². The van der Waals surface area contributed by atoms with Crippen LogP contribution in [0.4, 0.5) is 0 Å². The lowest BCUT2D eigenvalue weighted by molar-refractivity contribution is -0.130. The summed E-state index contributed by atoms with van der Waals surface area (Å²) in [6.07, 6.45) is 1.89. The average molecular weight is 158 g/mol. The van der Waals surface area contributed by atoms with Gasteiger partial charge in [-0.2, -0.15) is 0 Å². The van der Waals surface area contributed by atoms with E-state index in [1.54, 1.807) is 0 Å². The Morgan fingerprint density at radius 2 is 2.18 bits per heavy atom. The fourth-order valence-electron chi connectivity index (χ4n) is 1.17. The van der Waals surface area contributed by atoms with Gasteiger partial charge in [-0.1, -0.05) is 21.3 Å². The Morgan fingerprint density at radius 1 is 1.55 bits per heavy atom. The van der Waals surface area contributed by atoms with Crippen molar-refractivity contribution in [3.05, 3.63) is 0 Å². The Morgan fingerprint density at radius 3 is 2.55 bits per heavy atom. The molecule has 0 aliphatic carbocycles. The van der Waals surface area contributed by atoms with E-state index < -0.39 is 0 Å². The van der Waals surface area contributed by atoms with Crippen molar-refractivity contribution >= 4 is 5.78 Å². The van der Waals surface area contributed by atoms with Gasteiger partial charge in [0, 0.05) is 12.5 Å². The molecular formula is C9H18O2. The van der Waals surface area contributed by atoms with Crippen LogP contribution in [0.15, 0.2) is 0 Å². The van der Waals surface area contributed by atoms with Gasteiger partial charge in [-0.3, -0.25) is 4.79 Å². The Balaban J connectivity index is 0.000001000. The number of carbonyl (C=O) groups is 1. The molecule has 0 aromatic heterocycles. The van der Waals surface area contributed by atoms with Crippen LogP contribution in [0.5, 0.6) is 0 Å². The zero-order valence-electron chi connectivity index (χ0n) is 6.59. The molecule has 2 nitrogen and oxygen atoms in total. The Hall–Kier alpha value is -0.370. The number of rotatable bonds is 2. The van der Waals surface area contributed by atoms with Crippen molar-refractivity contribution in [2.24, 2.45) is 5.92 Å². The molecule has 11 heavy (non-hydrogen) atoms. The molecule has 0 unspecified atom stereocenters. The maximum Gasteiger partial charge on any atom is 0.164 e. The van der Waals surface area contributed by atoms with Gasteiger partial charge in [-0.05, 0) is 12.8 Å². The molecule has 0 aromatic carbocycles.